The lowest BCUT2D eigenvalue weighted by atomic mass is 9.97. The van der Waals surface area contributed by atoms with Gasteiger partial charge in [0.25, 0.3) is 0 Å². The Morgan fingerprint density at radius 2 is 0.768 bits per heavy atom. The third-order valence-corrected chi connectivity index (χ3v) is 13.6. The molecule has 0 atom stereocenters. The topological polar surface area (TPSA) is 21.3 Å². The maximum absolute atomic E-state index is 6.64. The highest BCUT2D eigenvalue weighted by molar-refractivity contribution is 6.11. The number of hydrogen-bond acceptors (Lipinski definition) is 2. The lowest BCUT2D eigenvalue weighted by Crippen LogP contribution is -2.11. The highest BCUT2D eigenvalue weighted by atomic mass is 16.3. The second kappa shape index (κ2) is 16.9. The molecule has 13 aromatic rings. The van der Waals surface area contributed by atoms with E-state index < -0.39 is 0 Å². The van der Waals surface area contributed by atoms with Gasteiger partial charge in [0, 0.05) is 49.6 Å². The van der Waals surface area contributed by atoms with Gasteiger partial charge in [0.15, 0.2) is 0 Å². The molecule has 0 amide bonds. The molecule has 69 heavy (non-hydrogen) atoms. The van der Waals surface area contributed by atoms with Gasteiger partial charge >= 0.3 is 0 Å². The Bertz CT molecular complexity index is 3940. The van der Waals surface area contributed by atoms with Crippen molar-refractivity contribution in [3.8, 4) is 61.3 Å². The molecule has 0 aliphatic heterocycles. The number of anilines is 3. The molecule has 2 aromatic heterocycles. The van der Waals surface area contributed by atoms with Crippen molar-refractivity contribution in [1.82, 2.24) is 4.57 Å². The third-order valence-electron chi connectivity index (χ3n) is 13.6. The monoisotopic (exact) mass is 880 g/mol. The van der Waals surface area contributed by atoms with Crippen LogP contribution in [-0.2, 0) is 0 Å². The number of hydrogen-bond donors (Lipinski definition) is 0. The molecule has 3 heteroatoms. The van der Waals surface area contributed by atoms with Crippen LogP contribution in [0, 0.1) is 0 Å². The largest absolute Gasteiger partial charge is 0.455 e. The van der Waals surface area contributed by atoms with E-state index in [0.29, 0.717) is 0 Å². The van der Waals surface area contributed by atoms with E-state index in [2.05, 4.69) is 270 Å². The molecule has 0 aliphatic rings. The molecule has 0 N–H and O–H groups in total. The van der Waals surface area contributed by atoms with Crippen molar-refractivity contribution in [2.24, 2.45) is 0 Å². The molecule has 0 saturated carbocycles. The van der Waals surface area contributed by atoms with Crippen LogP contribution in [0.25, 0.3) is 105 Å². The summed E-state index contributed by atoms with van der Waals surface area (Å²) in [5.41, 5.74) is 20.0. The molecule has 0 saturated heterocycles. The predicted octanol–water partition coefficient (Wildman–Crippen LogP) is 18.5. The first-order chi connectivity index (χ1) is 34.2. The molecule has 0 spiro atoms. The fourth-order valence-corrected chi connectivity index (χ4v) is 10.3. The van der Waals surface area contributed by atoms with E-state index in [9.17, 15) is 0 Å². The highest BCUT2D eigenvalue weighted by Gasteiger charge is 2.21. The number of benzene rings is 11. The van der Waals surface area contributed by atoms with Gasteiger partial charge in [0.2, 0.25) is 0 Å². The van der Waals surface area contributed by atoms with Crippen LogP contribution in [0.3, 0.4) is 0 Å². The van der Waals surface area contributed by atoms with Gasteiger partial charge in [-0.15, -0.1) is 0 Å². The SMILES string of the molecule is c1ccc(-c2ccc(-c3cccc(N(c4ccc(-c5ccc(-c6ccccc6-n6c7ccccc7c7ccccc76)cc5)cc4)c4ccccc4-c4cccc5c4oc4ccccc45)c3)cc2)cc1. The van der Waals surface area contributed by atoms with E-state index in [1.54, 1.807) is 0 Å². The van der Waals surface area contributed by atoms with E-state index >= 15 is 0 Å². The average molecular weight is 881 g/mol. The second-order valence-corrected chi connectivity index (χ2v) is 17.6. The van der Waals surface area contributed by atoms with E-state index in [1.807, 2.05) is 6.07 Å². The summed E-state index contributed by atoms with van der Waals surface area (Å²) in [6.45, 7) is 0. The molecule has 324 valence electrons. The lowest BCUT2D eigenvalue weighted by Gasteiger charge is -2.28. The zero-order chi connectivity index (χ0) is 45.7. The first-order valence-corrected chi connectivity index (χ1v) is 23.6. The molecule has 0 fully saturated rings. The normalized spacial score (nSPS) is 11.5. The van der Waals surface area contributed by atoms with Crippen molar-refractivity contribution >= 4 is 60.8 Å². The number of para-hydroxylation sites is 6. The third kappa shape index (κ3) is 7.08. The Hall–Kier alpha value is -9.18. The van der Waals surface area contributed by atoms with E-state index in [4.69, 9.17) is 4.42 Å². The fraction of sp³-hybridized carbons (Fsp3) is 0. The van der Waals surface area contributed by atoms with E-state index in [1.165, 1.54) is 44.1 Å². The Balaban J connectivity index is 0.891. The number of nitrogens with zero attached hydrogens (tertiary/aromatic N) is 2. The summed E-state index contributed by atoms with van der Waals surface area (Å²) in [6.07, 6.45) is 0. The molecule has 0 unspecified atom stereocenters. The molecule has 13 rings (SSSR count). The number of aromatic nitrogens is 1. The predicted molar refractivity (Wildman–Crippen MR) is 290 cm³/mol. The summed E-state index contributed by atoms with van der Waals surface area (Å²) >= 11 is 0. The summed E-state index contributed by atoms with van der Waals surface area (Å²) in [5.74, 6) is 0. The second-order valence-electron chi connectivity index (χ2n) is 17.6. The van der Waals surface area contributed by atoms with Crippen LogP contribution in [-0.4, -0.2) is 4.57 Å². The summed E-state index contributed by atoms with van der Waals surface area (Å²) in [4.78, 5) is 2.39. The van der Waals surface area contributed by atoms with Gasteiger partial charge in [-0.25, -0.2) is 0 Å². The lowest BCUT2D eigenvalue weighted by molar-refractivity contribution is 0.670. The standard InChI is InChI=1S/C66H44N2O/c1-2-16-45(17-3-1)46-32-34-49(35-33-46)51-18-14-19-53(44-51)67(62-28-10-7-23-57(62)59-25-15-26-60-58-24-8-13-31-65(58)69-66(59)60)52-42-40-48(41-43-52)47-36-38-50(39-37-47)54-20-4-9-27-61(54)68-63-29-11-5-21-55(63)56-22-6-12-30-64(56)68/h1-44H. The van der Waals surface area contributed by atoms with Crippen molar-refractivity contribution in [3.05, 3.63) is 267 Å². The van der Waals surface area contributed by atoms with Crippen LogP contribution in [0.5, 0.6) is 0 Å². The maximum Gasteiger partial charge on any atom is 0.143 e. The smallest absolute Gasteiger partial charge is 0.143 e. The van der Waals surface area contributed by atoms with Gasteiger partial charge in [0.1, 0.15) is 11.2 Å². The number of furan rings is 1. The summed E-state index contributed by atoms with van der Waals surface area (Å²) < 4.78 is 9.05. The molecule has 11 aromatic carbocycles. The summed E-state index contributed by atoms with van der Waals surface area (Å²) in [7, 11) is 0. The Kier molecular flexibility index (Phi) is 9.84. The van der Waals surface area contributed by atoms with Crippen LogP contribution in [0.4, 0.5) is 17.1 Å². The van der Waals surface area contributed by atoms with Crippen molar-refractivity contribution in [2.45, 2.75) is 0 Å². The molecule has 0 aliphatic carbocycles. The summed E-state index contributed by atoms with van der Waals surface area (Å²) in [6, 6.07) is 96.0. The van der Waals surface area contributed by atoms with Gasteiger partial charge < -0.3 is 13.9 Å². The minimum Gasteiger partial charge on any atom is -0.455 e. The quantitative estimate of drug-likeness (QED) is 0.144. The van der Waals surface area contributed by atoms with E-state index in [0.717, 1.165) is 78.1 Å². The van der Waals surface area contributed by atoms with Crippen molar-refractivity contribution in [1.29, 1.82) is 0 Å². The Labute approximate surface area is 401 Å². The Morgan fingerprint density at radius 3 is 1.48 bits per heavy atom. The van der Waals surface area contributed by atoms with Gasteiger partial charge in [0.05, 0.1) is 22.4 Å². The van der Waals surface area contributed by atoms with Crippen LogP contribution < -0.4 is 4.90 Å². The van der Waals surface area contributed by atoms with Crippen molar-refractivity contribution in [2.75, 3.05) is 4.90 Å². The zero-order valence-electron chi connectivity index (χ0n) is 37.7. The minimum absolute atomic E-state index is 0.884. The average Bonchev–Trinajstić information content (AvgIpc) is 3.98. The first-order valence-electron chi connectivity index (χ1n) is 23.6. The van der Waals surface area contributed by atoms with Crippen LogP contribution in [0.15, 0.2) is 271 Å². The maximum atomic E-state index is 6.64. The number of fused-ring (bicyclic) bond motifs is 6. The van der Waals surface area contributed by atoms with Crippen LogP contribution >= 0.6 is 0 Å². The van der Waals surface area contributed by atoms with Crippen molar-refractivity contribution < 1.29 is 4.42 Å². The highest BCUT2D eigenvalue weighted by Crippen LogP contribution is 2.45. The van der Waals surface area contributed by atoms with Crippen LogP contribution in [0.2, 0.25) is 0 Å². The zero-order valence-corrected chi connectivity index (χ0v) is 37.7. The van der Waals surface area contributed by atoms with E-state index in [-0.39, 0.29) is 0 Å². The first kappa shape index (κ1) is 40.1. The fourth-order valence-electron chi connectivity index (χ4n) is 10.3. The molecular weight excluding hydrogens is 837 g/mol. The van der Waals surface area contributed by atoms with Gasteiger partial charge in [-0.3, -0.25) is 0 Å². The Morgan fingerprint density at radius 1 is 0.290 bits per heavy atom. The van der Waals surface area contributed by atoms with Crippen LogP contribution in [0.1, 0.15) is 0 Å². The molecule has 3 nitrogen and oxygen atoms in total. The van der Waals surface area contributed by atoms with Gasteiger partial charge in [-0.2, -0.15) is 0 Å². The minimum atomic E-state index is 0.884. The molecular formula is C66H44N2O. The molecule has 0 radical (unpaired) electrons. The van der Waals surface area contributed by atoms with Gasteiger partial charge in [-0.05, 0) is 93.5 Å². The summed E-state index contributed by atoms with van der Waals surface area (Å²) in [5, 5.41) is 4.74. The van der Waals surface area contributed by atoms with Gasteiger partial charge in [-0.1, -0.05) is 212 Å². The molecule has 0 bridgehead atoms. The number of rotatable bonds is 9. The van der Waals surface area contributed by atoms with Crippen molar-refractivity contribution in [3.63, 3.8) is 0 Å². The molecule has 2 heterocycles.